The quantitative estimate of drug-likeness (QED) is 0.744. The van der Waals surface area contributed by atoms with Crippen LogP contribution >= 0.6 is 7.82 Å². The maximum Gasteiger partial charge on any atom is 0.469 e. The molecule has 0 amide bonds. The molecule has 0 aliphatic rings. The fourth-order valence-corrected chi connectivity index (χ4v) is 0.631. The molecular formula is C3H9EuO4P. The Bertz CT molecular complexity index is 100.0. The summed E-state index contributed by atoms with van der Waals surface area (Å²) in [6.07, 6.45) is 0.616. The van der Waals surface area contributed by atoms with Gasteiger partial charge in [-0.3, -0.25) is 4.52 Å². The van der Waals surface area contributed by atoms with Crippen LogP contribution in [0, 0.1) is 49.4 Å². The first kappa shape index (κ1) is 13.3. The Kier molecular flexibility index (Phi) is 9.47. The Balaban J connectivity index is 0. The van der Waals surface area contributed by atoms with Crippen molar-refractivity contribution in [3.8, 4) is 0 Å². The third kappa shape index (κ3) is 12.8. The zero-order valence-corrected chi connectivity index (χ0v) is 8.27. The van der Waals surface area contributed by atoms with E-state index in [1.165, 1.54) is 0 Å². The molecule has 6 heteroatoms. The van der Waals surface area contributed by atoms with Crippen molar-refractivity contribution in [2.45, 2.75) is 13.3 Å². The summed E-state index contributed by atoms with van der Waals surface area (Å²) in [5, 5.41) is 0. The summed E-state index contributed by atoms with van der Waals surface area (Å²) in [4.78, 5) is 16.1. The van der Waals surface area contributed by atoms with Crippen molar-refractivity contribution in [1.82, 2.24) is 0 Å². The molecule has 4 nitrogen and oxygen atoms in total. The zero-order valence-electron chi connectivity index (χ0n) is 4.95. The standard InChI is InChI=1S/C3H9O4P.Eu/c1-2-3-7-8(4,5)6;/h2-3H2,1H3,(H2,4,5,6);. The van der Waals surface area contributed by atoms with Gasteiger partial charge in [-0.25, -0.2) is 4.57 Å². The first-order chi connectivity index (χ1) is 3.56. The van der Waals surface area contributed by atoms with Gasteiger partial charge in [0.1, 0.15) is 0 Å². The molecule has 9 heavy (non-hydrogen) atoms. The fraction of sp³-hybridized carbons (Fsp3) is 1.00. The molecule has 0 spiro atoms. The van der Waals surface area contributed by atoms with Crippen LogP contribution in [0.25, 0.3) is 0 Å². The van der Waals surface area contributed by atoms with Crippen LogP contribution in [0.2, 0.25) is 0 Å². The molecule has 0 aromatic heterocycles. The minimum absolute atomic E-state index is 0. The topological polar surface area (TPSA) is 66.8 Å². The van der Waals surface area contributed by atoms with Gasteiger partial charge in [0.15, 0.2) is 0 Å². The second kappa shape index (κ2) is 6.41. The van der Waals surface area contributed by atoms with Gasteiger partial charge in [-0.15, -0.1) is 0 Å². The number of phosphoric ester groups is 1. The number of hydrogen-bond acceptors (Lipinski definition) is 2. The normalized spacial score (nSPS) is 10.6. The molecule has 0 aromatic rings. The molecular weight excluding hydrogens is 283 g/mol. The molecule has 0 saturated carbocycles. The maximum atomic E-state index is 9.86. The molecule has 0 saturated heterocycles. The molecule has 2 N–H and O–H groups in total. The van der Waals surface area contributed by atoms with Gasteiger partial charge in [-0.05, 0) is 6.42 Å². The molecule has 57 valence electrons. The van der Waals surface area contributed by atoms with Gasteiger partial charge in [-0.1, -0.05) is 6.92 Å². The van der Waals surface area contributed by atoms with E-state index in [9.17, 15) is 4.57 Å². The van der Waals surface area contributed by atoms with Gasteiger partial charge in [0, 0.05) is 49.4 Å². The monoisotopic (exact) mass is 293 g/mol. The van der Waals surface area contributed by atoms with E-state index in [4.69, 9.17) is 9.79 Å². The summed E-state index contributed by atoms with van der Waals surface area (Å²) in [6.45, 7) is 1.89. The predicted octanol–water partition coefficient (Wildman–Crippen LogP) is 0.506. The fourth-order valence-electron chi connectivity index (χ4n) is 0.210. The van der Waals surface area contributed by atoms with Crippen molar-refractivity contribution in [3.05, 3.63) is 0 Å². The van der Waals surface area contributed by atoms with Crippen molar-refractivity contribution < 1.29 is 68.3 Å². The summed E-state index contributed by atoms with van der Waals surface area (Å²) in [6, 6.07) is 0. The molecule has 0 atom stereocenters. The van der Waals surface area contributed by atoms with Gasteiger partial charge in [-0.2, -0.15) is 0 Å². The van der Waals surface area contributed by atoms with Crippen LogP contribution in [0.15, 0.2) is 0 Å². The first-order valence-corrected chi connectivity index (χ1v) is 3.79. The summed E-state index contributed by atoms with van der Waals surface area (Å²) >= 11 is 0. The second-order valence-corrected chi connectivity index (χ2v) is 2.56. The summed E-state index contributed by atoms with van der Waals surface area (Å²) < 4.78 is 13.9. The molecule has 0 fully saturated rings. The minimum Gasteiger partial charge on any atom is -0.303 e. The number of phosphoric acid groups is 1. The van der Waals surface area contributed by atoms with Crippen molar-refractivity contribution in [3.63, 3.8) is 0 Å². The first-order valence-electron chi connectivity index (χ1n) is 2.26. The van der Waals surface area contributed by atoms with Crippen LogP contribution in [0.3, 0.4) is 0 Å². The Morgan fingerprint density at radius 2 is 2.00 bits per heavy atom. The van der Waals surface area contributed by atoms with Crippen molar-refractivity contribution in [1.29, 1.82) is 0 Å². The van der Waals surface area contributed by atoms with Crippen molar-refractivity contribution in [2.24, 2.45) is 0 Å². The SMILES string of the molecule is CCCOP(=O)(O)O.[Eu]. The smallest absolute Gasteiger partial charge is 0.303 e. The molecule has 0 heterocycles. The Hall–Kier alpha value is 1.69. The predicted molar refractivity (Wildman–Crippen MR) is 28.3 cm³/mol. The van der Waals surface area contributed by atoms with Crippen LogP contribution in [0.5, 0.6) is 0 Å². The molecule has 0 bridgehead atoms. The number of rotatable bonds is 3. The maximum absolute atomic E-state index is 9.86. The zero-order chi connectivity index (χ0) is 6.62. The Morgan fingerprint density at radius 1 is 1.56 bits per heavy atom. The minimum atomic E-state index is -4.18. The average Bonchev–Trinajstić information content (AvgIpc) is 1.59. The average molecular weight is 292 g/mol. The molecule has 0 unspecified atom stereocenters. The van der Waals surface area contributed by atoms with Crippen molar-refractivity contribution in [2.75, 3.05) is 6.61 Å². The molecule has 0 aliphatic heterocycles. The third-order valence-corrected chi connectivity index (χ3v) is 0.983. The van der Waals surface area contributed by atoms with Gasteiger partial charge in [0.25, 0.3) is 0 Å². The Labute approximate surface area is 94.8 Å². The third-order valence-electron chi connectivity index (χ3n) is 0.464. The van der Waals surface area contributed by atoms with E-state index in [2.05, 4.69) is 4.52 Å². The summed E-state index contributed by atoms with van der Waals surface area (Å²) in [7, 11) is -4.18. The van der Waals surface area contributed by atoms with Gasteiger partial charge in [0.05, 0.1) is 6.61 Å². The van der Waals surface area contributed by atoms with E-state index in [1.54, 1.807) is 6.92 Å². The van der Waals surface area contributed by atoms with E-state index < -0.39 is 7.82 Å². The summed E-state index contributed by atoms with van der Waals surface area (Å²) in [5.74, 6) is 0. The Morgan fingerprint density at radius 3 is 2.11 bits per heavy atom. The van der Waals surface area contributed by atoms with Crippen LogP contribution in [-0.2, 0) is 9.09 Å². The van der Waals surface area contributed by atoms with E-state index in [-0.39, 0.29) is 56.0 Å². The van der Waals surface area contributed by atoms with E-state index in [0.29, 0.717) is 6.42 Å². The second-order valence-electron chi connectivity index (χ2n) is 1.32. The van der Waals surface area contributed by atoms with Gasteiger partial charge in [0.2, 0.25) is 0 Å². The van der Waals surface area contributed by atoms with Crippen LogP contribution in [0.1, 0.15) is 13.3 Å². The molecule has 0 rings (SSSR count). The van der Waals surface area contributed by atoms with Crippen LogP contribution in [0.4, 0.5) is 0 Å². The molecule has 0 aliphatic carbocycles. The number of hydrogen-bond donors (Lipinski definition) is 2. The molecule has 0 aromatic carbocycles. The van der Waals surface area contributed by atoms with Gasteiger partial charge >= 0.3 is 7.82 Å². The van der Waals surface area contributed by atoms with Crippen LogP contribution in [-0.4, -0.2) is 16.4 Å². The van der Waals surface area contributed by atoms with Gasteiger partial charge < -0.3 is 9.79 Å². The largest absolute Gasteiger partial charge is 0.469 e. The van der Waals surface area contributed by atoms with Crippen molar-refractivity contribution >= 4 is 7.82 Å². The molecule has 1 radical (unpaired) electrons. The van der Waals surface area contributed by atoms with E-state index in [0.717, 1.165) is 0 Å². The van der Waals surface area contributed by atoms with Crippen LogP contribution < -0.4 is 0 Å². The van der Waals surface area contributed by atoms with E-state index in [1.807, 2.05) is 0 Å². The summed E-state index contributed by atoms with van der Waals surface area (Å²) in [5.41, 5.74) is 0. The van der Waals surface area contributed by atoms with E-state index >= 15 is 0 Å².